The first-order valence-electron chi connectivity index (χ1n) is 7.62. The number of nitrogens with one attached hydrogen (secondary N) is 2. The van der Waals surface area contributed by atoms with Gasteiger partial charge in [0.2, 0.25) is 0 Å². The van der Waals surface area contributed by atoms with E-state index >= 15 is 0 Å². The Morgan fingerprint density at radius 1 is 1.22 bits per heavy atom. The summed E-state index contributed by atoms with van der Waals surface area (Å²) in [5.41, 5.74) is 2.00. The van der Waals surface area contributed by atoms with Crippen molar-refractivity contribution in [2.75, 3.05) is 11.9 Å². The molecule has 23 heavy (non-hydrogen) atoms. The molecule has 2 rings (SSSR count). The normalized spacial score (nSPS) is 11.8. The lowest BCUT2D eigenvalue weighted by molar-refractivity contribution is 0.498. The van der Waals surface area contributed by atoms with Crippen LogP contribution in [-0.4, -0.2) is 11.7 Å². The molecule has 0 saturated carbocycles. The number of thiocarbonyl (C=S) groups is 1. The van der Waals surface area contributed by atoms with Crippen LogP contribution >= 0.6 is 23.8 Å². The van der Waals surface area contributed by atoms with Gasteiger partial charge in [-0.2, -0.15) is 0 Å². The molecule has 0 aliphatic rings. The van der Waals surface area contributed by atoms with E-state index in [4.69, 9.17) is 23.8 Å². The van der Waals surface area contributed by atoms with E-state index in [2.05, 4.69) is 41.8 Å². The Bertz CT molecular complexity index is 649. The van der Waals surface area contributed by atoms with Crippen LogP contribution in [0, 0.1) is 11.7 Å². The molecule has 2 nitrogen and oxygen atoms in total. The fourth-order valence-electron chi connectivity index (χ4n) is 2.29. The average Bonchev–Trinajstić information content (AvgIpc) is 2.56. The zero-order chi connectivity index (χ0) is 16.7. The lowest BCUT2D eigenvalue weighted by atomic mass is 9.97. The highest BCUT2D eigenvalue weighted by Gasteiger charge is 2.09. The standard InChI is InChI=1S/C18H20ClFN2S/c1-2-13(10-14-6-4-3-5-7-14)12-21-18(23)22-15-8-9-17(20)16(19)11-15/h3-9,11,13H,2,10,12H2,1H3,(H2,21,22,23)/t13-/m0/s1. The molecule has 2 aromatic rings. The fourth-order valence-corrected chi connectivity index (χ4v) is 2.68. The van der Waals surface area contributed by atoms with Crippen LogP contribution in [0.1, 0.15) is 18.9 Å². The molecule has 0 heterocycles. The molecule has 0 unspecified atom stereocenters. The number of hydrogen-bond acceptors (Lipinski definition) is 1. The van der Waals surface area contributed by atoms with Crippen molar-refractivity contribution in [3.8, 4) is 0 Å². The van der Waals surface area contributed by atoms with Gasteiger partial charge in [-0.3, -0.25) is 0 Å². The van der Waals surface area contributed by atoms with Gasteiger partial charge < -0.3 is 10.6 Å². The quantitative estimate of drug-likeness (QED) is 0.714. The Balaban J connectivity index is 1.83. The van der Waals surface area contributed by atoms with Crippen molar-refractivity contribution in [3.05, 3.63) is 64.9 Å². The van der Waals surface area contributed by atoms with Gasteiger partial charge in [-0.25, -0.2) is 4.39 Å². The van der Waals surface area contributed by atoms with Crippen LogP contribution in [0.4, 0.5) is 10.1 Å². The van der Waals surface area contributed by atoms with Crippen LogP contribution in [0.15, 0.2) is 48.5 Å². The summed E-state index contributed by atoms with van der Waals surface area (Å²) in [4.78, 5) is 0. The molecular weight excluding hydrogens is 331 g/mol. The van der Waals surface area contributed by atoms with E-state index in [0.717, 1.165) is 19.4 Å². The molecule has 0 spiro atoms. The maximum atomic E-state index is 13.1. The van der Waals surface area contributed by atoms with Crippen molar-refractivity contribution in [2.24, 2.45) is 5.92 Å². The minimum Gasteiger partial charge on any atom is -0.362 e. The Morgan fingerprint density at radius 3 is 2.61 bits per heavy atom. The summed E-state index contributed by atoms with van der Waals surface area (Å²) in [7, 11) is 0. The van der Waals surface area contributed by atoms with Crippen molar-refractivity contribution in [1.82, 2.24) is 5.32 Å². The monoisotopic (exact) mass is 350 g/mol. The number of halogens is 2. The second-order valence-electron chi connectivity index (χ2n) is 5.43. The summed E-state index contributed by atoms with van der Waals surface area (Å²) in [6.45, 7) is 2.96. The molecule has 0 radical (unpaired) electrons. The second-order valence-corrected chi connectivity index (χ2v) is 6.24. The molecule has 122 valence electrons. The van der Waals surface area contributed by atoms with Crippen molar-refractivity contribution in [3.63, 3.8) is 0 Å². The fraction of sp³-hybridized carbons (Fsp3) is 0.278. The Labute approximate surface area is 147 Å². The van der Waals surface area contributed by atoms with E-state index in [9.17, 15) is 4.39 Å². The van der Waals surface area contributed by atoms with Crippen molar-refractivity contribution in [1.29, 1.82) is 0 Å². The SMILES string of the molecule is CC[C@H](CNC(=S)Nc1ccc(F)c(Cl)c1)Cc1ccccc1. The molecule has 0 saturated heterocycles. The van der Waals surface area contributed by atoms with Gasteiger partial charge >= 0.3 is 0 Å². The first kappa shape index (κ1) is 17.7. The van der Waals surface area contributed by atoms with Gasteiger partial charge in [-0.15, -0.1) is 0 Å². The number of anilines is 1. The maximum absolute atomic E-state index is 13.1. The van der Waals surface area contributed by atoms with Crippen molar-refractivity contribution in [2.45, 2.75) is 19.8 Å². The number of rotatable bonds is 6. The molecule has 2 N–H and O–H groups in total. The third-order valence-corrected chi connectivity index (χ3v) is 4.21. The third kappa shape index (κ3) is 5.81. The third-order valence-electron chi connectivity index (χ3n) is 3.67. The molecule has 1 atom stereocenters. The van der Waals surface area contributed by atoms with Crippen LogP contribution in [-0.2, 0) is 6.42 Å². The summed E-state index contributed by atoms with van der Waals surface area (Å²) < 4.78 is 13.1. The first-order chi connectivity index (χ1) is 11.1. The zero-order valence-electron chi connectivity index (χ0n) is 13.0. The molecule has 0 fully saturated rings. The van der Waals surface area contributed by atoms with Gasteiger partial charge in [-0.05, 0) is 48.3 Å². The molecule has 5 heteroatoms. The van der Waals surface area contributed by atoms with Gasteiger partial charge in [0.25, 0.3) is 0 Å². The summed E-state index contributed by atoms with van der Waals surface area (Å²) in [6.07, 6.45) is 2.07. The largest absolute Gasteiger partial charge is 0.362 e. The highest BCUT2D eigenvalue weighted by molar-refractivity contribution is 7.80. The smallest absolute Gasteiger partial charge is 0.170 e. The van der Waals surface area contributed by atoms with E-state index in [1.165, 1.54) is 17.7 Å². The zero-order valence-corrected chi connectivity index (χ0v) is 14.6. The lowest BCUT2D eigenvalue weighted by Gasteiger charge is -2.18. The van der Waals surface area contributed by atoms with Crippen LogP contribution in [0.25, 0.3) is 0 Å². The molecule has 0 aromatic heterocycles. The molecule has 2 aromatic carbocycles. The highest BCUT2D eigenvalue weighted by atomic mass is 35.5. The van der Waals surface area contributed by atoms with Crippen LogP contribution in [0.2, 0.25) is 5.02 Å². The summed E-state index contributed by atoms with van der Waals surface area (Å²) in [5.74, 6) is 0.0546. The van der Waals surface area contributed by atoms with E-state index < -0.39 is 5.82 Å². The molecule has 0 amide bonds. The minimum atomic E-state index is -0.440. The van der Waals surface area contributed by atoms with Crippen LogP contribution in [0.3, 0.4) is 0 Å². The Kier molecular flexibility index (Phi) is 6.81. The van der Waals surface area contributed by atoms with Gasteiger partial charge in [0, 0.05) is 12.2 Å². The summed E-state index contributed by atoms with van der Waals surface area (Å²) in [6, 6.07) is 14.9. The Morgan fingerprint density at radius 2 is 1.96 bits per heavy atom. The van der Waals surface area contributed by atoms with Gasteiger partial charge in [0.05, 0.1) is 5.02 Å². The average molecular weight is 351 g/mol. The van der Waals surface area contributed by atoms with E-state index in [1.807, 2.05) is 6.07 Å². The van der Waals surface area contributed by atoms with Crippen LogP contribution < -0.4 is 10.6 Å². The predicted octanol–water partition coefficient (Wildman–Crippen LogP) is 5.03. The first-order valence-corrected chi connectivity index (χ1v) is 8.41. The van der Waals surface area contributed by atoms with Gasteiger partial charge in [0.1, 0.15) is 5.82 Å². The minimum absolute atomic E-state index is 0.0771. The molecular formula is C18H20ClFN2S. The second kappa shape index (κ2) is 8.85. The van der Waals surface area contributed by atoms with E-state index in [0.29, 0.717) is 16.7 Å². The molecule has 0 bridgehead atoms. The summed E-state index contributed by atoms with van der Waals surface area (Å²) >= 11 is 11.0. The van der Waals surface area contributed by atoms with Crippen molar-refractivity contribution < 1.29 is 4.39 Å². The molecule has 0 aliphatic heterocycles. The van der Waals surface area contributed by atoms with E-state index in [-0.39, 0.29) is 5.02 Å². The predicted molar refractivity (Wildman–Crippen MR) is 99.6 cm³/mol. The maximum Gasteiger partial charge on any atom is 0.170 e. The summed E-state index contributed by atoms with van der Waals surface area (Å²) in [5, 5.41) is 6.83. The van der Waals surface area contributed by atoms with E-state index in [1.54, 1.807) is 6.07 Å². The van der Waals surface area contributed by atoms with Crippen molar-refractivity contribution >= 4 is 34.6 Å². The Hall–Kier alpha value is -1.65. The van der Waals surface area contributed by atoms with Crippen LogP contribution in [0.5, 0.6) is 0 Å². The van der Waals surface area contributed by atoms with Gasteiger partial charge in [-0.1, -0.05) is 55.3 Å². The van der Waals surface area contributed by atoms with Gasteiger partial charge in [0.15, 0.2) is 5.11 Å². The number of benzene rings is 2. The lowest BCUT2D eigenvalue weighted by Crippen LogP contribution is -2.33. The topological polar surface area (TPSA) is 24.1 Å². The highest BCUT2D eigenvalue weighted by Crippen LogP contribution is 2.19. The molecule has 0 aliphatic carbocycles. The number of hydrogen-bond donors (Lipinski definition) is 2.